The lowest BCUT2D eigenvalue weighted by atomic mass is 9.69. The molecule has 1 N–H and O–H groups in total. The molecule has 1 fully saturated rings. The number of nitrogens with zero attached hydrogens (tertiary/aromatic N) is 2. The summed E-state index contributed by atoms with van der Waals surface area (Å²) in [6, 6.07) is 9.79. The number of aryl methyl sites for hydroxylation is 1. The minimum Gasteiger partial charge on any atom is -0.497 e. The summed E-state index contributed by atoms with van der Waals surface area (Å²) in [6.07, 6.45) is 2.19. The van der Waals surface area contributed by atoms with E-state index >= 15 is 0 Å². The second-order valence-electron chi connectivity index (χ2n) is 5.65. The highest BCUT2D eigenvalue weighted by Crippen LogP contribution is 2.41. The van der Waals surface area contributed by atoms with Crippen molar-refractivity contribution in [1.29, 1.82) is 5.26 Å². The Labute approximate surface area is 138 Å². The van der Waals surface area contributed by atoms with Crippen LogP contribution in [0.2, 0.25) is 0 Å². The van der Waals surface area contributed by atoms with Crippen LogP contribution in [-0.4, -0.2) is 18.0 Å². The number of benzene rings is 1. The molecule has 0 spiro atoms. The van der Waals surface area contributed by atoms with Crippen LogP contribution in [0.15, 0.2) is 24.3 Å². The number of methoxy groups -OCH3 is 1. The number of carbonyl (C=O) groups excluding carboxylic acids is 1. The van der Waals surface area contributed by atoms with E-state index in [2.05, 4.69) is 16.4 Å². The highest BCUT2D eigenvalue weighted by Gasteiger charge is 2.45. The van der Waals surface area contributed by atoms with Crippen molar-refractivity contribution in [2.45, 2.75) is 26.2 Å². The van der Waals surface area contributed by atoms with Gasteiger partial charge in [-0.15, -0.1) is 11.3 Å². The van der Waals surface area contributed by atoms with Gasteiger partial charge in [-0.1, -0.05) is 0 Å². The summed E-state index contributed by atoms with van der Waals surface area (Å²) < 4.78 is 5.16. The molecule has 1 saturated carbocycles. The Morgan fingerprint density at radius 3 is 2.61 bits per heavy atom. The van der Waals surface area contributed by atoms with Gasteiger partial charge in [-0.05, 0) is 50.5 Å². The third kappa shape index (κ3) is 2.80. The molecule has 3 rings (SSSR count). The van der Waals surface area contributed by atoms with Gasteiger partial charge in [0.15, 0.2) is 5.13 Å². The zero-order valence-corrected chi connectivity index (χ0v) is 13.9. The number of amides is 1. The van der Waals surface area contributed by atoms with Gasteiger partial charge in [0.05, 0.1) is 18.9 Å². The lowest BCUT2D eigenvalue weighted by Crippen LogP contribution is -2.40. The molecule has 2 aromatic rings. The van der Waals surface area contributed by atoms with Crippen molar-refractivity contribution in [3.05, 3.63) is 29.1 Å². The first-order chi connectivity index (χ1) is 11.1. The Morgan fingerprint density at radius 1 is 1.39 bits per heavy atom. The zero-order chi connectivity index (χ0) is 16.4. The molecule has 6 heteroatoms. The quantitative estimate of drug-likeness (QED) is 0.928. The van der Waals surface area contributed by atoms with Crippen molar-refractivity contribution in [3.8, 4) is 23.1 Å². The number of anilines is 1. The number of nitrogens with one attached hydrogen (secondary N) is 1. The van der Waals surface area contributed by atoms with Crippen LogP contribution < -0.4 is 10.1 Å². The third-order valence-corrected chi connectivity index (χ3v) is 5.12. The molecule has 0 atom stereocenters. The molecular formula is C17H17N3O2S. The number of aromatic nitrogens is 1. The van der Waals surface area contributed by atoms with Crippen molar-refractivity contribution >= 4 is 22.4 Å². The molecule has 1 aromatic carbocycles. The van der Waals surface area contributed by atoms with E-state index < -0.39 is 5.41 Å². The number of hydrogen-bond acceptors (Lipinski definition) is 5. The fourth-order valence-corrected chi connectivity index (χ4v) is 3.43. The maximum absolute atomic E-state index is 12.3. The lowest BCUT2D eigenvalue weighted by Gasteiger charge is -2.32. The molecule has 0 saturated heterocycles. The molecule has 1 aliphatic carbocycles. The van der Waals surface area contributed by atoms with Gasteiger partial charge < -0.3 is 10.1 Å². The van der Waals surface area contributed by atoms with E-state index in [1.54, 1.807) is 7.11 Å². The van der Waals surface area contributed by atoms with Gasteiger partial charge in [0.2, 0.25) is 5.91 Å². The first kappa shape index (κ1) is 15.5. The summed E-state index contributed by atoms with van der Waals surface area (Å²) in [4.78, 5) is 17.8. The van der Waals surface area contributed by atoms with E-state index in [0.29, 0.717) is 18.0 Å². The average molecular weight is 327 g/mol. The highest BCUT2D eigenvalue weighted by molar-refractivity contribution is 7.16. The van der Waals surface area contributed by atoms with Crippen molar-refractivity contribution in [2.24, 2.45) is 5.41 Å². The molecule has 1 heterocycles. The van der Waals surface area contributed by atoms with Gasteiger partial charge in [0.1, 0.15) is 11.2 Å². The standard InChI is InChI=1S/C17H17N3O2S/c1-11-14(12-4-6-13(22-2)7-5-12)19-16(23-11)20-15(21)17(10-18)8-3-9-17/h4-7H,3,8-9H2,1-2H3,(H,19,20,21). The Hall–Kier alpha value is -2.39. The second kappa shape index (κ2) is 6.01. The molecular weight excluding hydrogens is 310 g/mol. The predicted molar refractivity (Wildman–Crippen MR) is 89.4 cm³/mol. The fraction of sp³-hybridized carbons (Fsp3) is 0.353. The first-order valence-electron chi connectivity index (χ1n) is 7.42. The molecule has 1 aromatic heterocycles. The number of hydrogen-bond donors (Lipinski definition) is 1. The summed E-state index contributed by atoms with van der Waals surface area (Å²) in [5.41, 5.74) is 0.950. The third-order valence-electron chi connectivity index (χ3n) is 4.24. The van der Waals surface area contributed by atoms with Gasteiger partial charge in [-0.2, -0.15) is 5.26 Å². The van der Waals surface area contributed by atoms with E-state index in [4.69, 9.17) is 4.74 Å². The molecule has 1 amide bonds. The maximum atomic E-state index is 12.3. The van der Waals surface area contributed by atoms with Crippen molar-refractivity contribution in [2.75, 3.05) is 12.4 Å². The topological polar surface area (TPSA) is 75.0 Å². The first-order valence-corrected chi connectivity index (χ1v) is 8.24. The highest BCUT2D eigenvalue weighted by atomic mass is 32.1. The van der Waals surface area contributed by atoms with E-state index in [0.717, 1.165) is 28.3 Å². The van der Waals surface area contributed by atoms with Crippen LogP contribution in [0.4, 0.5) is 5.13 Å². The normalized spacial score (nSPS) is 15.3. The van der Waals surface area contributed by atoms with Gasteiger partial charge in [0, 0.05) is 10.4 Å². The average Bonchev–Trinajstić information content (AvgIpc) is 2.87. The minimum atomic E-state index is -0.861. The van der Waals surface area contributed by atoms with Gasteiger partial charge in [0.25, 0.3) is 0 Å². The largest absolute Gasteiger partial charge is 0.497 e. The summed E-state index contributed by atoms with van der Waals surface area (Å²) >= 11 is 1.42. The Morgan fingerprint density at radius 2 is 2.09 bits per heavy atom. The predicted octanol–water partition coefficient (Wildman–Crippen LogP) is 3.76. The monoisotopic (exact) mass is 327 g/mol. The molecule has 1 aliphatic rings. The van der Waals surface area contributed by atoms with Crippen LogP contribution in [0.1, 0.15) is 24.1 Å². The van der Waals surface area contributed by atoms with Crippen molar-refractivity contribution in [1.82, 2.24) is 4.98 Å². The number of carbonyl (C=O) groups is 1. The number of nitriles is 1. The van der Waals surface area contributed by atoms with E-state index in [-0.39, 0.29) is 5.91 Å². The lowest BCUT2D eigenvalue weighted by molar-refractivity contribution is -0.126. The Kier molecular flexibility index (Phi) is 4.05. The summed E-state index contributed by atoms with van der Waals surface area (Å²) in [5, 5.41) is 12.6. The Balaban J connectivity index is 1.80. The summed E-state index contributed by atoms with van der Waals surface area (Å²) in [7, 11) is 1.63. The summed E-state index contributed by atoms with van der Waals surface area (Å²) in [5.74, 6) is 0.553. The van der Waals surface area contributed by atoms with E-state index in [1.165, 1.54) is 11.3 Å². The van der Waals surface area contributed by atoms with Crippen molar-refractivity contribution in [3.63, 3.8) is 0 Å². The minimum absolute atomic E-state index is 0.235. The number of ether oxygens (including phenoxy) is 1. The van der Waals surface area contributed by atoms with Crippen LogP contribution in [0.5, 0.6) is 5.75 Å². The van der Waals surface area contributed by atoms with Crippen LogP contribution in [0.25, 0.3) is 11.3 Å². The van der Waals surface area contributed by atoms with Crippen molar-refractivity contribution < 1.29 is 9.53 Å². The van der Waals surface area contributed by atoms with E-state index in [9.17, 15) is 10.1 Å². The van der Waals surface area contributed by atoms with Crippen LogP contribution in [-0.2, 0) is 4.79 Å². The van der Waals surface area contributed by atoms with Gasteiger partial charge in [-0.25, -0.2) is 4.98 Å². The zero-order valence-electron chi connectivity index (χ0n) is 13.0. The smallest absolute Gasteiger partial charge is 0.246 e. The molecule has 0 radical (unpaired) electrons. The molecule has 23 heavy (non-hydrogen) atoms. The SMILES string of the molecule is COc1ccc(-c2nc(NC(=O)C3(C#N)CCC3)sc2C)cc1. The van der Waals surface area contributed by atoms with Gasteiger partial charge >= 0.3 is 0 Å². The summed E-state index contributed by atoms with van der Waals surface area (Å²) in [6.45, 7) is 1.97. The second-order valence-corrected chi connectivity index (χ2v) is 6.86. The number of thiazole rings is 1. The Bertz CT molecular complexity index is 770. The maximum Gasteiger partial charge on any atom is 0.246 e. The molecule has 0 bridgehead atoms. The molecule has 118 valence electrons. The fourth-order valence-electron chi connectivity index (χ4n) is 2.60. The van der Waals surface area contributed by atoms with Crippen LogP contribution >= 0.6 is 11.3 Å². The molecule has 0 unspecified atom stereocenters. The van der Waals surface area contributed by atoms with Crippen LogP contribution in [0.3, 0.4) is 0 Å². The van der Waals surface area contributed by atoms with Crippen LogP contribution in [0, 0.1) is 23.7 Å². The van der Waals surface area contributed by atoms with E-state index in [1.807, 2.05) is 31.2 Å². The van der Waals surface area contributed by atoms with Gasteiger partial charge in [-0.3, -0.25) is 4.79 Å². The molecule has 5 nitrogen and oxygen atoms in total. The molecule has 0 aliphatic heterocycles. The number of rotatable bonds is 4.